The van der Waals surface area contributed by atoms with Crippen molar-refractivity contribution < 1.29 is 4.79 Å². The molecule has 0 unspecified atom stereocenters. The molecular formula is C10H12ClN2O. The Hall–Kier alpha value is -1.22. The Bertz CT molecular complexity index is 297. The van der Waals surface area contributed by atoms with E-state index in [-0.39, 0.29) is 6.03 Å². The lowest BCUT2D eigenvalue weighted by molar-refractivity contribution is 0.241. The van der Waals surface area contributed by atoms with Crippen molar-refractivity contribution >= 4 is 17.6 Å². The molecule has 0 saturated carbocycles. The van der Waals surface area contributed by atoms with Gasteiger partial charge in [-0.2, -0.15) is 0 Å². The van der Waals surface area contributed by atoms with Crippen LogP contribution in [0.25, 0.3) is 0 Å². The van der Waals surface area contributed by atoms with E-state index >= 15 is 0 Å². The Morgan fingerprint density at radius 1 is 1.50 bits per heavy atom. The number of amides is 2. The molecule has 1 radical (unpaired) electrons. The number of hydrogen-bond acceptors (Lipinski definition) is 1. The molecule has 0 heterocycles. The fraction of sp³-hybridized carbons (Fsp3) is 0.300. The molecule has 2 N–H and O–H groups in total. The van der Waals surface area contributed by atoms with Gasteiger partial charge in [0, 0.05) is 18.1 Å². The Morgan fingerprint density at radius 2 is 2.29 bits per heavy atom. The van der Waals surface area contributed by atoms with E-state index in [1.165, 1.54) is 0 Å². The molecule has 0 aromatic heterocycles. The number of hydrogen-bond donors (Lipinski definition) is 2. The molecule has 4 heteroatoms. The van der Waals surface area contributed by atoms with Crippen molar-refractivity contribution in [2.75, 3.05) is 6.54 Å². The molecular weight excluding hydrogens is 200 g/mol. The Balaban J connectivity index is 2.38. The van der Waals surface area contributed by atoms with Gasteiger partial charge < -0.3 is 10.6 Å². The summed E-state index contributed by atoms with van der Waals surface area (Å²) in [5.74, 6) is 0. The molecule has 0 atom stereocenters. The third kappa shape index (κ3) is 3.66. The minimum absolute atomic E-state index is 0.171. The molecule has 0 aliphatic rings. The highest BCUT2D eigenvalue weighted by Crippen LogP contribution is 2.08. The molecule has 2 amide bonds. The van der Waals surface area contributed by atoms with Crippen LogP contribution in [-0.2, 0) is 6.54 Å². The second-order valence-electron chi connectivity index (χ2n) is 2.75. The van der Waals surface area contributed by atoms with Crippen molar-refractivity contribution in [2.45, 2.75) is 13.5 Å². The summed E-state index contributed by atoms with van der Waals surface area (Å²) in [7, 11) is 0. The van der Waals surface area contributed by atoms with Crippen LogP contribution in [0.2, 0.25) is 5.02 Å². The second kappa shape index (κ2) is 5.50. The summed E-state index contributed by atoms with van der Waals surface area (Å²) in [4.78, 5) is 11.0. The quantitative estimate of drug-likeness (QED) is 0.789. The number of urea groups is 1. The molecule has 75 valence electrons. The zero-order valence-electron chi connectivity index (χ0n) is 7.93. The average Bonchev–Trinajstić information content (AvgIpc) is 2.17. The van der Waals surface area contributed by atoms with Crippen LogP contribution in [0.4, 0.5) is 4.79 Å². The lowest BCUT2D eigenvalue weighted by atomic mass is 10.2. The number of rotatable bonds is 3. The van der Waals surface area contributed by atoms with E-state index in [1.54, 1.807) is 12.1 Å². The van der Waals surface area contributed by atoms with E-state index in [9.17, 15) is 4.79 Å². The summed E-state index contributed by atoms with van der Waals surface area (Å²) in [5, 5.41) is 5.98. The third-order valence-electron chi connectivity index (χ3n) is 1.62. The normalized spacial score (nSPS) is 9.57. The summed E-state index contributed by atoms with van der Waals surface area (Å²) >= 11 is 5.69. The van der Waals surface area contributed by atoms with E-state index in [1.807, 2.05) is 13.0 Å². The monoisotopic (exact) mass is 211 g/mol. The van der Waals surface area contributed by atoms with Crippen molar-refractivity contribution in [1.82, 2.24) is 10.6 Å². The molecule has 0 bridgehead atoms. The highest BCUT2D eigenvalue weighted by atomic mass is 35.5. The van der Waals surface area contributed by atoms with Crippen molar-refractivity contribution in [1.29, 1.82) is 0 Å². The van der Waals surface area contributed by atoms with Gasteiger partial charge in [0.05, 0.1) is 0 Å². The number of benzene rings is 1. The highest BCUT2D eigenvalue weighted by molar-refractivity contribution is 6.30. The molecule has 0 spiro atoms. The van der Waals surface area contributed by atoms with Crippen LogP contribution >= 0.6 is 11.6 Å². The summed E-state index contributed by atoms with van der Waals surface area (Å²) < 4.78 is 0. The largest absolute Gasteiger partial charge is 0.338 e. The summed E-state index contributed by atoms with van der Waals surface area (Å²) in [6, 6.07) is 8.06. The van der Waals surface area contributed by atoms with E-state index < -0.39 is 0 Å². The SMILES string of the molecule is CCNC(=O)NCc1[c]cc(Cl)cc1. The minimum Gasteiger partial charge on any atom is -0.338 e. The topological polar surface area (TPSA) is 41.1 Å². The first kappa shape index (κ1) is 10.9. The maximum Gasteiger partial charge on any atom is 0.315 e. The third-order valence-corrected chi connectivity index (χ3v) is 1.85. The lowest BCUT2D eigenvalue weighted by Crippen LogP contribution is -2.34. The van der Waals surface area contributed by atoms with Gasteiger partial charge in [0.1, 0.15) is 0 Å². The molecule has 1 rings (SSSR count). The number of carbonyl (C=O) groups excluding carboxylic acids is 1. The van der Waals surface area contributed by atoms with Gasteiger partial charge in [-0.05, 0) is 30.7 Å². The first-order valence-corrected chi connectivity index (χ1v) is 4.78. The summed E-state index contributed by atoms with van der Waals surface area (Å²) in [5.41, 5.74) is 0.903. The molecule has 3 nitrogen and oxygen atoms in total. The zero-order chi connectivity index (χ0) is 10.4. The van der Waals surface area contributed by atoms with Gasteiger partial charge in [0.2, 0.25) is 0 Å². The first-order chi connectivity index (χ1) is 6.72. The van der Waals surface area contributed by atoms with Gasteiger partial charge in [-0.1, -0.05) is 17.7 Å². The summed E-state index contributed by atoms with van der Waals surface area (Å²) in [6.07, 6.45) is 0. The Labute approximate surface area is 88.5 Å². The van der Waals surface area contributed by atoms with Crippen molar-refractivity contribution in [3.8, 4) is 0 Å². The fourth-order valence-electron chi connectivity index (χ4n) is 0.947. The highest BCUT2D eigenvalue weighted by Gasteiger charge is 1.97. The van der Waals surface area contributed by atoms with Crippen LogP contribution in [0.5, 0.6) is 0 Å². The van der Waals surface area contributed by atoms with Crippen LogP contribution in [0.1, 0.15) is 12.5 Å². The first-order valence-electron chi connectivity index (χ1n) is 4.40. The number of nitrogens with one attached hydrogen (secondary N) is 2. The Kier molecular flexibility index (Phi) is 4.26. The van der Waals surface area contributed by atoms with E-state index in [4.69, 9.17) is 11.6 Å². The molecule has 0 aliphatic heterocycles. The van der Waals surface area contributed by atoms with Gasteiger partial charge in [0.25, 0.3) is 0 Å². The predicted molar refractivity (Wildman–Crippen MR) is 56.2 cm³/mol. The smallest absolute Gasteiger partial charge is 0.315 e. The molecule has 0 saturated heterocycles. The Morgan fingerprint density at radius 3 is 2.86 bits per heavy atom. The standard InChI is InChI=1S/C10H12ClN2O/c1-2-12-10(14)13-7-8-3-5-9(11)6-4-8/h3,5-6H,2,7H2,1H3,(H2,12,13,14). The molecule has 1 aromatic carbocycles. The number of halogens is 1. The second-order valence-corrected chi connectivity index (χ2v) is 3.18. The predicted octanol–water partition coefficient (Wildman–Crippen LogP) is 1.96. The van der Waals surface area contributed by atoms with Gasteiger partial charge in [0.15, 0.2) is 0 Å². The van der Waals surface area contributed by atoms with E-state index in [2.05, 4.69) is 16.7 Å². The van der Waals surface area contributed by atoms with Gasteiger partial charge in [-0.15, -0.1) is 0 Å². The van der Waals surface area contributed by atoms with E-state index in [0.717, 1.165) is 5.56 Å². The van der Waals surface area contributed by atoms with E-state index in [0.29, 0.717) is 18.1 Å². The molecule has 14 heavy (non-hydrogen) atoms. The van der Waals surface area contributed by atoms with Crippen LogP contribution < -0.4 is 10.6 Å². The minimum atomic E-state index is -0.171. The van der Waals surface area contributed by atoms with Crippen molar-refractivity contribution in [2.24, 2.45) is 0 Å². The van der Waals surface area contributed by atoms with Gasteiger partial charge in [-0.3, -0.25) is 0 Å². The molecule has 1 aromatic rings. The maximum atomic E-state index is 11.0. The van der Waals surface area contributed by atoms with Crippen LogP contribution in [0.15, 0.2) is 18.2 Å². The van der Waals surface area contributed by atoms with Crippen molar-refractivity contribution in [3.05, 3.63) is 34.9 Å². The molecule has 0 aliphatic carbocycles. The van der Waals surface area contributed by atoms with Crippen LogP contribution in [0.3, 0.4) is 0 Å². The average molecular weight is 212 g/mol. The van der Waals surface area contributed by atoms with Gasteiger partial charge >= 0.3 is 6.03 Å². The molecule has 0 fully saturated rings. The number of carbonyl (C=O) groups is 1. The van der Waals surface area contributed by atoms with Crippen LogP contribution in [-0.4, -0.2) is 12.6 Å². The summed E-state index contributed by atoms with van der Waals surface area (Å²) in [6.45, 7) is 2.95. The lowest BCUT2D eigenvalue weighted by Gasteiger charge is -2.05. The maximum absolute atomic E-state index is 11.0. The fourth-order valence-corrected chi connectivity index (χ4v) is 1.06. The van der Waals surface area contributed by atoms with Crippen molar-refractivity contribution in [3.63, 3.8) is 0 Å². The van der Waals surface area contributed by atoms with Crippen LogP contribution in [0, 0.1) is 6.07 Å². The van der Waals surface area contributed by atoms with Gasteiger partial charge in [-0.25, -0.2) is 4.79 Å². The zero-order valence-corrected chi connectivity index (χ0v) is 8.69.